The van der Waals surface area contributed by atoms with Crippen LogP contribution in [0.2, 0.25) is 0 Å². The Labute approximate surface area is 105 Å². The summed E-state index contributed by atoms with van der Waals surface area (Å²) >= 11 is 3.42. The SMILES string of the molecule is CN(Cc1ccc(Br)cc1)C1CNCC1O. The molecule has 1 fully saturated rings. The number of aliphatic hydroxyl groups excluding tert-OH is 1. The summed E-state index contributed by atoms with van der Waals surface area (Å²) in [7, 11) is 2.06. The highest BCUT2D eigenvalue weighted by Crippen LogP contribution is 2.14. The topological polar surface area (TPSA) is 35.5 Å². The molecule has 0 bridgehead atoms. The van der Waals surface area contributed by atoms with Crippen molar-refractivity contribution in [2.24, 2.45) is 0 Å². The maximum atomic E-state index is 9.77. The minimum absolute atomic E-state index is 0.226. The van der Waals surface area contributed by atoms with Crippen molar-refractivity contribution in [3.05, 3.63) is 34.3 Å². The van der Waals surface area contributed by atoms with Gasteiger partial charge in [0, 0.05) is 30.1 Å². The molecular weight excluding hydrogens is 268 g/mol. The summed E-state index contributed by atoms with van der Waals surface area (Å²) in [6.07, 6.45) is -0.250. The van der Waals surface area contributed by atoms with Crippen LogP contribution in [0.4, 0.5) is 0 Å². The molecule has 0 aromatic heterocycles. The minimum atomic E-state index is -0.250. The van der Waals surface area contributed by atoms with E-state index in [1.165, 1.54) is 5.56 Å². The number of benzene rings is 1. The largest absolute Gasteiger partial charge is 0.390 e. The molecule has 2 rings (SSSR count). The first-order valence-corrected chi connectivity index (χ1v) is 6.29. The van der Waals surface area contributed by atoms with Gasteiger partial charge in [0.25, 0.3) is 0 Å². The van der Waals surface area contributed by atoms with E-state index in [9.17, 15) is 5.11 Å². The van der Waals surface area contributed by atoms with Gasteiger partial charge in [0.1, 0.15) is 0 Å². The summed E-state index contributed by atoms with van der Waals surface area (Å²) in [5.74, 6) is 0. The van der Waals surface area contributed by atoms with Gasteiger partial charge in [-0.3, -0.25) is 4.90 Å². The van der Waals surface area contributed by atoms with Crippen LogP contribution in [0.5, 0.6) is 0 Å². The third kappa shape index (κ3) is 2.83. The molecule has 0 amide bonds. The number of aliphatic hydroxyl groups is 1. The number of rotatable bonds is 3. The molecule has 1 aliphatic heterocycles. The fourth-order valence-electron chi connectivity index (χ4n) is 2.10. The van der Waals surface area contributed by atoms with Crippen molar-refractivity contribution in [2.45, 2.75) is 18.7 Å². The van der Waals surface area contributed by atoms with E-state index in [0.29, 0.717) is 6.54 Å². The Bertz CT molecular complexity index is 341. The number of nitrogens with one attached hydrogen (secondary N) is 1. The van der Waals surface area contributed by atoms with Crippen LogP contribution in [-0.2, 0) is 6.54 Å². The number of nitrogens with zero attached hydrogens (tertiary/aromatic N) is 1. The Morgan fingerprint density at radius 2 is 2.06 bits per heavy atom. The zero-order valence-electron chi connectivity index (χ0n) is 9.36. The van der Waals surface area contributed by atoms with E-state index < -0.39 is 0 Å². The summed E-state index contributed by atoms with van der Waals surface area (Å²) in [5.41, 5.74) is 1.27. The predicted molar refractivity (Wildman–Crippen MR) is 68.3 cm³/mol. The molecule has 1 heterocycles. The molecule has 0 spiro atoms. The maximum absolute atomic E-state index is 9.77. The molecule has 2 unspecified atom stereocenters. The van der Waals surface area contributed by atoms with Gasteiger partial charge >= 0.3 is 0 Å². The van der Waals surface area contributed by atoms with Gasteiger partial charge in [-0.15, -0.1) is 0 Å². The lowest BCUT2D eigenvalue weighted by Gasteiger charge is -2.26. The van der Waals surface area contributed by atoms with Gasteiger partial charge in [-0.1, -0.05) is 28.1 Å². The van der Waals surface area contributed by atoms with E-state index >= 15 is 0 Å². The summed E-state index contributed by atoms with van der Waals surface area (Å²) in [6, 6.07) is 8.53. The lowest BCUT2D eigenvalue weighted by molar-refractivity contribution is 0.0955. The van der Waals surface area contributed by atoms with Crippen LogP contribution in [-0.4, -0.2) is 42.3 Å². The third-order valence-corrected chi connectivity index (χ3v) is 3.59. The highest BCUT2D eigenvalue weighted by atomic mass is 79.9. The first-order chi connectivity index (χ1) is 7.66. The van der Waals surface area contributed by atoms with Gasteiger partial charge in [-0.2, -0.15) is 0 Å². The van der Waals surface area contributed by atoms with Crippen molar-refractivity contribution in [1.29, 1.82) is 0 Å². The number of likely N-dealkylation sites (N-methyl/N-ethyl adjacent to an activating group) is 1. The summed E-state index contributed by atoms with van der Waals surface area (Å²) in [6.45, 7) is 2.44. The second-order valence-electron chi connectivity index (χ2n) is 4.33. The predicted octanol–water partition coefficient (Wildman–Crippen LogP) is 1.21. The van der Waals surface area contributed by atoms with Gasteiger partial charge in [0.05, 0.1) is 6.10 Å². The van der Waals surface area contributed by atoms with E-state index in [1.54, 1.807) is 0 Å². The van der Waals surface area contributed by atoms with Crippen LogP contribution >= 0.6 is 15.9 Å². The van der Waals surface area contributed by atoms with Gasteiger partial charge in [-0.25, -0.2) is 0 Å². The molecular formula is C12H17BrN2O. The van der Waals surface area contributed by atoms with Crippen molar-refractivity contribution in [3.63, 3.8) is 0 Å². The number of hydrogen-bond acceptors (Lipinski definition) is 3. The zero-order valence-corrected chi connectivity index (χ0v) is 10.9. The van der Waals surface area contributed by atoms with Crippen LogP contribution in [0, 0.1) is 0 Å². The number of β-amino-alcohol motifs (C(OH)–C–C–N with tert-alkyl or cyclic N) is 1. The maximum Gasteiger partial charge on any atom is 0.0831 e. The molecule has 16 heavy (non-hydrogen) atoms. The van der Waals surface area contributed by atoms with Crippen LogP contribution in [0.15, 0.2) is 28.7 Å². The Hall–Kier alpha value is -0.420. The molecule has 1 aliphatic rings. The first kappa shape index (κ1) is 12.0. The molecule has 88 valence electrons. The van der Waals surface area contributed by atoms with Crippen molar-refractivity contribution in [2.75, 3.05) is 20.1 Å². The molecule has 0 aliphatic carbocycles. The Balaban J connectivity index is 1.96. The van der Waals surface area contributed by atoms with E-state index in [1.807, 2.05) is 12.1 Å². The summed E-state index contributed by atoms with van der Waals surface area (Å²) in [5, 5.41) is 13.0. The van der Waals surface area contributed by atoms with Crippen molar-refractivity contribution < 1.29 is 5.11 Å². The van der Waals surface area contributed by atoms with Crippen molar-refractivity contribution in [3.8, 4) is 0 Å². The lowest BCUT2D eigenvalue weighted by Crippen LogP contribution is -2.40. The standard InChI is InChI=1S/C12H17BrN2O/c1-15(11-6-14-7-12(11)16)8-9-2-4-10(13)5-3-9/h2-5,11-12,14,16H,6-8H2,1H3. The quantitative estimate of drug-likeness (QED) is 0.876. The first-order valence-electron chi connectivity index (χ1n) is 5.50. The zero-order chi connectivity index (χ0) is 11.5. The van der Waals surface area contributed by atoms with E-state index in [-0.39, 0.29) is 12.1 Å². The second kappa shape index (κ2) is 5.27. The average molecular weight is 285 g/mol. The van der Waals surface area contributed by atoms with E-state index in [0.717, 1.165) is 17.6 Å². The molecule has 4 heteroatoms. The Morgan fingerprint density at radius 1 is 1.38 bits per heavy atom. The van der Waals surface area contributed by atoms with Gasteiger partial charge < -0.3 is 10.4 Å². The summed E-state index contributed by atoms with van der Waals surface area (Å²) in [4.78, 5) is 2.20. The van der Waals surface area contributed by atoms with Gasteiger partial charge in [-0.05, 0) is 24.7 Å². The van der Waals surface area contributed by atoms with Crippen LogP contribution < -0.4 is 5.32 Å². The van der Waals surface area contributed by atoms with Crippen molar-refractivity contribution >= 4 is 15.9 Å². The van der Waals surface area contributed by atoms with Crippen LogP contribution in [0.1, 0.15) is 5.56 Å². The third-order valence-electron chi connectivity index (χ3n) is 3.06. The molecule has 0 radical (unpaired) electrons. The molecule has 1 aromatic carbocycles. The highest BCUT2D eigenvalue weighted by molar-refractivity contribution is 9.10. The number of hydrogen-bond donors (Lipinski definition) is 2. The fourth-order valence-corrected chi connectivity index (χ4v) is 2.36. The summed E-state index contributed by atoms with van der Waals surface area (Å²) < 4.78 is 1.10. The Morgan fingerprint density at radius 3 is 2.62 bits per heavy atom. The van der Waals surface area contributed by atoms with Gasteiger partial charge in [0.2, 0.25) is 0 Å². The van der Waals surface area contributed by atoms with E-state index in [4.69, 9.17) is 0 Å². The molecule has 2 N–H and O–H groups in total. The number of halogens is 1. The lowest BCUT2D eigenvalue weighted by atomic mass is 10.1. The molecule has 2 atom stereocenters. The Kier molecular flexibility index (Phi) is 3.97. The second-order valence-corrected chi connectivity index (χ2v) is 5.25. The monoisotopic (exact) mass is 284 g/mol. The van der Waals surface area contributed by atoms with Crippen LogP contribution in [0.3, 0.4) is 0 Å². The molecule has 1 aromatic rings. The molecule has 0 saturated carbocycles. The molecule has 3 nitrogen and oxygen atoms in total. The average Bonchev–Trinajstić information content (AvgIpc) is 2.68. The van der Waals surface area contributed by atoms with Crippen molar-refractivity contribution in [1.82, 2.24) is 10.2 Å². The highest BCUT2D eigenvalue weighted by Gasteiger charge is 2.28. The fraction of sp³-hybridized carbons (Fsp3) is 0.500. The normalized spacial score (nSPS) is 25.2. The van der Waals surface area contributed by atoms with E-state index in [2.05, 4.69) is 45.3 Å². The van der Waals surface area contributed by atoms with Gasteiger partial charge in [0.15, 0.2) is 0 Å². The minimum Gasteiger partial charge on any atom is -0.390 e. The smallest absolute Gasteiger partial charge is 0.0831 e. The van der Waals surface area contributed by atoms with Crippen LogP contribution in [0.25, 0.3) is 0 Å². The molecule has 1 saturated heterocycles.